The molecule has 0 fully saturated rings. The Morgan fingerprint density at radius 3 is 2.89 bits per heavy atom. The van der Waals surface area contributed by atoms with Crippen LogP contribution in [-0.2, 0) is 6.61 Å². The van der Waals surface area contributed by atoms with Crippen molar-refractivity contribution < 1.29 is 4.74 Å². The van der Waals surface area contributed by atoms with Crippen LogP contribution < -0.4 is 4.74 Å². The van der Waals surface area contributed by atoms with Crippen LogP contribution in [0.15, 0.2) is 48.0 Å². The molecule has 0 saturated heterocycles. The van der Waals surface area contributed by atoms with E-state index in [1.165, 1.54) is 0 Å². The first kappa shape index (κ1) is 11.7. The molecule has 4 heteroatoms. The lowest BCUT2D eigenvalue weighted by Gasteiger charge is -2.09. The third-order valence-electron chi connectivity index (χ3n) is 2.79. The second-order valence-corrected chi connectivity index (χ2v) is 5.03. The van der Waals surface area contributed by atoms with Gasteiger partial charge in [0, 0.05) is 16.5 Å². The van der Waals surface area contributed by atoms with Crippen molar-refractivity contribution in [1.29, 1.82) is 5.26 Å². The number of hydrogen-bond acceptors (Lipinski definition) is 4. The first-order valence-electron chi connectivity index (χ1n) is 5.81. The van der Waals surface area contributed by atoms with Gasteiger partial charge in [0.15, 0.2) is 0 Å². The van der Waals surface area contributed by atoms with Gasteiger partial charge in [0.1, 0.15) is 24.0 Å². The van der Waals surface area contributed by atoms with E-state index in [4.69, 9.17) is 10.00 Å². The largest absolute Gasteiger partial charge is 0.486 e. The van der Waals surface area contributed by atoms with Crippen LogP contribution in [0.2, 0.25) is 0 Å². The normalized spacial score (nSPS) is 10.3. The van der Waals surface area contributed by atoms with Gasteiger partial charge in [-0.05, 0) is 23.6 Å². The molecule has 0 N–H and O–H groups in total. The summed E-state index contributed by atoms with van der Waals surface area (Å²) >= 11 is 1.64. The fraction of sp³-hybridized carbons (Fsp3) is 0.0667. The van der Waals surface area contributed by atoms with E-state index in [2.05, 4.69) is 11.1 Å². The maximum absolute atomic E-state index is 9.17. The van der Waals surface area contributed by atoms with Gasteiger partial charge in [-0.3, -0.25) is 4.98 Å². The van der Waals surface area contributed by atoms with Crippen molar-refractivity contribution in [3.05, 3.63) is 58.4 Å². The molecule has 1 aromatic carbocycles. The Kier molecular flexibility index (Phi) is 3.13. The highest BCUT2D eigenvalue weighted by atomic mass is 32.1. The smallest absolute Gasteiger partial charge is 0.148 e. The lowest BCUT2D eigenvalue weighted by Crippen LogP contribution is -1.97. The van der Waals surface area contributed by atoms with Crippen LogP contribution >= 0.6 is 11.3 Å². The molecule has 0 atom stereocenters. The van der Waals surface area contributed by atoms with E-state index in [1.54, 1.807) is 17.5 Å². The number of aromatic nitrogens is 1. The van der Waals surface area contributed by atoms with Crippen LogP contribution in [0.25, 0.3) is 10.9 Å². The van der Waals surface area contributed by atoms with Crippen LogP contribution in [0, 0.1) is 11.3 Å². The van der Waals surface area contributed by atoms with Crippen molar-refractivity contribution >= 4 is 22.2 Å². The molecule has 0 unspecified atom stereocenters. The molecule has 2 aromatic heterocycles. The van der Waals surface area contributed by atoms with E-state index in [0.717, 1.165) is 15.8 Å². The number of pyridine rings is 1. The van der Waals surface area contributed by atoms with Crippen LogP contribution in [0.5, 0.6) is 5.75 Å². The van der Waals surface area contributed by atoms with Crippen LogP contribution in [0.3, 0.4) is 0 Å². The molecule has 92 valence electrons. The quantitative estimate of drug-likeness (QED) is 0.725. The molecule has 3 rings (SSSR count). The van der Waals surface area contributed by atoms with Gasteiger partial charge in [-0.1, -0.05) is 18.2 Å². The Morgan fingerprint density at radius 2 is 2.11 bits per heavy atom. The standard InChI is InChI=1S/C15H10N2OS/c16-8-11-9-17-14-6-2-1-5-13(14)15(11)18-10-12-4-3-7-19-12/h1-7,9H,10H2. The van der Waals surface area contributed by atoms with Gasteiger partial charge >= 0.3 is 0 Å². The highest BCUT2D eigenvalue weighted by molar-refractivity contribution is 7.09. The minimum Gasteiger partial charge on any atom is -0.486 e. The molecular weight excluding hydrogens is 256 g/mol. The summed E-state index contributed by atoms with van der Waals surface area (Å²) in [6, 6.07) is 13.8. The molecule has 19 heavy (non-hydrogen) atoms. The summed E-state index contributed by atoms with van der Waals surface area (Å²) in [6.45, 7) is 0.473. The average Bonchev–Trinajstić information content (AvgIpc) is 2.97. The Morgan fingerprint density at radius 1 is 1.21 bits per heavy atom. The summed E-state index contributed by atoms with van der Waals surface area (Å²) in [5, 5.41) is 12.0. The maximum atomic E-state index is 9.17. The van der Waals surface area contributed by atoms with Crippen LogP contribution in [-0.4, -0.2) is 4.98 Å². The van der Waals surface area contributed by atoms with Crippen LogP contribution in [0.4, 0.5) is 0 Å². The van der Waals surface area contributed by atoms with Crippen molar-refractivity contribution in [1.82, 2.24) is 4.98 Å². The lowest BCUT2D eigenvalue weighted by molar-refractivity contribution is 0.312. The third kappa shape index (κ3) is 2.28. The summed E-state index contributed by atoms with van der Waals surface area (Å²) in [7, 11) is 0. The molecule has 0 saturated carbocycles. The number of nitrogens with zero attached hydrogens (tertiary/aromatic N) is 2. The highest BCUT2D eigenvalue weighted by Crippen LogP contribution is 2.28. The average molecular weight is 266 g/mol. The first-order chi connectivity index (χ1) is 9.38. The summed E-state index contributed by atoms with van der Waals surface area (Å²) in [5.41, 5.74) is 1.30. The SMILES string of the molecule is N#Cc1cnc2ccccc2c1OCc1cccs1. The van der Waals surface area contributed by atoms with Gasteiger partial charge in [-0.25, -0.2) is 0 Å². The van der Waals surface area contributed by atoms with E-state index >= 15 is 0 Å². The second-order valence-electron chi connectivity index (χ2n) is 4.00. The van der Waals surface area contributed by atoms with Gasteiger partial charge in [0.25, 0.3) is 0 Å². The molecule has 0 aliphatic rings. The Hall–Kier alpha value is -2.38. The predicted molar refractivity (Wildman–Crippen MR) is 75.1 cm³/mol. The van der Waals surface area contributed by atoms with Crippen molar-refractivity contribution in [3.63, 3.8) is 0 Å². The number of hydrogen-bond donors (Lipinski definition) is 0. The zero-order valence-corrected chi connectivity index (χ0v) is 10.9. The Labute approximate surface area is 114 Å². The zero-order chi connectivity index (χ0) is 13.1. The molecule has 0 aliphatic carbocycles. The molecule has 0 amide bonds. The summed E-state index contributed by atoms with van der Waals surface area (Å²) < 4.78 is 5.83. The van der Waals surface area contributed by atoms with E-state index in [0.29, 0.717) is 17.9 Å². The van der Waals surface area contributed by atoms with Gasteiger partial charge in [-0.2, -0.15) is 5.26 Å². The molecular formula is C15H10N2OS. The van der Waals surface area contributed by atoms with Crippen molar-refractivity contribution in [2.45, 2.75) is 6.61 Å². The van der Waals surface area contributed by atoms with E-state index < -0.39 is 0 Å². The number of thiophene rings is 1. The number of fused-ring (bicyclic) bond motifs is 1. The van der Waals surface area contributed by atoms with E-state index in [9.17, 15) is 0 Å². The third-order valence-corrected chi connectivity index (χ3v) is 3.64. The molecule has 0 bridgehead atoms. The van der Waals surface area contributed by atoms with Gasteiger partial charge in [0.05, 0.1) is 5.52 Å². The van der Waals surface area contributed by atoms with E-state index in [1.807, 2.05) is 41.8 Å². The Balaban J connectivity index is 2.02. The zero-order valence-electron chi connectivity index (χ0n) is 10.0. The van der Waals surface area contributed by atoms with Gasteiger partial charge in [-0.15, -0.1) is 11.3 Å². The summed E-state index contributed by atoms with van der Waals surface area (Å²) in [5.74, 6) is 0.612. The molecule has 0 radical (unpaired) electrons. The molecule has 0 spiro atoms. The predicted octanol–water partition coefficient (Wildman–Crippen LogP) is 3.75. The Bertz CT molecular complexity index is 744. The van der Waals surface area contributed by atoms with Crippen molar-refractivity contribution in [3.8, 4) is 11.8 Å². The first-order valence-corrected chi connectivity index (χ1v) is 6.69. The topological polar surface area (TPSA) is 45.9 Å². The van der Waals surface area contributed by atoms with E-state index in [-0.39, 0.29) is 0 Å². The number of ether oxygens (including phenoxy) is 1. The molecule has 3 nitrogen and oxygen atoms in total. The maximum Gasteiger partial charge on any atom is 0.148 e. The number of nitriles is 1. The summed E-state index contributed by atoms with van der Waals surface area (Å²) in [6.07, 6.45) is 1.56. The monoisotopic (exact) mass is 266 g/mol. The number of rotatable bonds is 3. The highest BCUT2D eigenvalue weighted by Gasteiger charge is 2.10. The molecule has 2 heterocycles. The van der Waals surface area contributed by atoms with Gasteiger partial charge in [0.2, 0.25) is 0 Å². The molecule has 3 aromatic rings. The van der Waals surface area contributed by atoms with Crippen molar-refractivity contribution in [2.75, 3.05) is 0 Å². The lowest BCUT2D eigenvalue weighted by atomic mass is 10.1. The minimum absolute atomic E-state index is 0.468. The van der Waals surface area contributed by atoms with Gasteiger partial charge < -0.3 is 4.74 Å². The fourth-order valence-corrected chi connectivity index (χ4v) is 2.51. The fourth-order valence-electron chi connectivity index (χ4n) is 1.89. The second kappa shape index (κ2) is 5.09. The summed E-state index contributed by atoms with van der Waals surface area (Å²) in [4.78, 5) is 5.39. The molecule has 0 aliphatic heterocycles. The van der Waals surface area contributed by atoms with Crippen molar-refractivity contribution in [2.24, 2.45) is 0 Å². The number of para-hydroxylation sites is 1. The minimum atomic E-state index is 0.468. The van der Waals surface area contributed by atoms with Crippen LogP contribution in [0.1, 0.15) is 10.4 Å². The number of benzene rings is 1.